The Bertz CT molecular complexity index is 386. The van der Waals surface area contributed by atoms with Gasteiger partial charge in [0.15, 0.2) is 0 Å². The summed E-state index contributed by atoms with van der Waals surface area (Å²) in [6, 6.07) is 9.80. The van der Waals surface area contributed by atoms with Gasteiger partial charge in [0.25, 0.3) is 0 Å². The second-order valence-corrected chi connectivity index (χ2v) is 5.23. The fourth-order valence-corrected chi connectivity index (χ4v) is 2.28. The van der Waals surface area contributed by atoms with Gasteiger partial charge in [-0.25, -0.2) is 0 Å². The first kappa shape index (κ1) is 13.2. The van der Waals surface area contributed by atoms with Crippen LogP contribution < -0.4 is 4.74 Å². The summed E-state index contributed by atoms with van der Waals surface area (Å²) in [5.74, 6) is 0.919. The molecule has 0 radical (unpaired) electrons. The van der Waals surface area contributed by atoms with E-state index in [1.165, 1.54) is 0 Å². The van der Waals surface area contributed by atoms with E-state index in [4.69, 9.17) is 16.3 Å². The van der Waals surface area contributed by atoms with Crippen LogP contribution in [0.25, 0.3) is 0 Å². The van der Waals surface area contributed by atoms with Crippen LogP contribution in [-0.2, 0) is 4.79 Å². The fourth-order valence-electron chi connectivity index (χ4n) is 2.14. The van der Waals surface area contributed by atoms with Crippen LogP contribution in [0.15, 0.2) is 30.3 Å². The van der Waals surface area contributed by atoms with Gasteiger partial charge in [0.2, 0.25) is 5.91 Å². The number of amides is 1. The number of hydrogen-bond donors (Lipinski definition) is 0. The molecule has 1 aromatic rings. The predicted molar refractivity (Wildman–Crippen MR) is 72.0 cm³/mol. The molecular weight excluding hydrogens is 250 g/mol. The molecule has 1 amide bonds. The van der Waals surface area contributed by atoms with Crippen molar-refractivity contribution >= 4 is 17.5 Å². The minimum atomic E-state index is -0.434. The smallest absolute Gasteiger partial charge is 0.240 e. The number of piperidine rings is 1. The Morgan fingerprint density at radius 3 is 2.50 bits per heavy atom. The molecule has 2 rings (SSSR count). The van der Waals surface area contributed by atoms with Crippen molar-refractivity contribution in [3.8, 4) is 5.75 Å². The summed E-state index contributed by atoms with van der Waals surface area (Å²) in [6.07, 6.45) is 1.93. The van der Waals surface area contributed by atoms with E-state index in [0.717, 1.165) is 31.7 Å². The molecule has 0 N–H and O–H groups in total. The molecule has 98 valence electrons. The lowest BCUT2D eigenvalue weighted by molar-refractivity contribution is -0.132. The minimum absolute atomic E-state index is 0.0230. The third-order valence-electron chi connectivity index (χ3n) is 3.14. The fraction of sp³-hybridized carbons (Fsp3) is 0.500. The van der Waals surface area contributed by atoms with E-state index in [0.29, 0.717) is 0 Å². The molecule has 1 atom stereocenters. The zero-order valence-electron chi connectivity index (χ0n) is 10.5. The molecule has 0 bridgehead atoms. The lowest BCUT2D eigenvalue weighted by Crippen LogP contribution is -2.44. The molecule has 0 aliphatic carbocycles. The van der Waals surface area contributed by atoms with Gasteiger partial charge in [0.1, 0.15) is 17.2 Å². The second-order valence-electron chi connectivity index (χ2n) is 4.57. The van der Waals surface area contributed by atoms with E-state index in [-0.39, 0.29) is 12.0 Å². The monoisotopic (exact) mass is 267 g/mol. The molecule has 1 aliphatic rings. The van der Waals surface area contributed by atoms with Crippen molar-refractivity contribution in [3.63, 3.8) is 0 Å². The van der Waals surface area contributed by atoms with Crippen molar-refractivity contribution in [1.82, 2.24) is 4.90 Å². The highest BCUT2D eigenvalue weighted by Gasteiger charge is 2.25. The highest BCUT2D eigenvalue weighted by molar-refractivity contribution is 6.30. The summed E-state index contributed by atoms with van der Waals surface area (Å²) >= 11 is 5.81. The number of carbonyl (C=O) groups is 1. The van der Waals surface area contributed by atoms with E-state index < -0.39 is 5.38 Å². The number of carbonyl (C=O) groups excluding carboxylic acids is 1. The number of likely N-dealkylation sites (tertiary alicyclic amines) is 1. The molecule has 0 saturated carbocycles. The Hall–Kier alpha value is -1.22. The van der Waals surface area contributed by atoms with E-state index in [9.17, 15) is 4.79 Å². The molecule has 0 spiro atoms. The second kappa shape index (κ2) is 6.10. The third-order valence-corrected chi connectivity index (χ3v) is 3.33. The maximum Gasteiger partial charge on any atom is 0.240 e. The number of halogens is 1. The number of alkyl halides is 1. The van der Waals surface area contributed by atoms with E-state index >= 15 is 0 Å². The number of nitrogens with zero attached hydrogens (tertiary/aromatic N) is 1. The number of ether oxygens (including phenoxy) is 1. The molecule has 1 heterocycles. The van der Waals surface area contributed by atoms with Crippen molar-refractivity contribution in [1.29, 1.82) is 0 Å². The maximum atomic E-state index is 11.7. The van der Waals surface area contributed by atoms with Crippen LogP contribution in [0.3, 0.4) is 0 Å². The Labute approximate surface area is 113 Å². The Kier molecular flexibility index (Phi) is 4.48. The number of para-hydroxylation sites is 1. The van der Waals surface area contributed by atoms with Gasteiger partial charge in [-0.1, -0.05) is 18.2 Å². The summed E-state index contributed by atoms with van der Waals surface area (Å²) in [7, 11) is 0. The summed E-state index contributed by atoms with van der Waals surface area (Å²) in [5.41, 5.74) is 0. The summed E-state index contributed by atoms with van der Waals surface area (Å²) < 4.78 is 5.87. The highest BCUT2D eigenvalue weighted by Crippen LogP contribution is 2.19. The zero-order valence-corrected chi connectivity index (χ0v) is 11.3. The molecule has 1 aliphatic heterocycles. The Balaban J connectivity index is 1.82. The van der Waals surface area contributed by atoms with E-state index in [1.54, 1.807) is 6.92 Å². The van der Waals surface area contributed by atoms with Crippen LogP contribution >= 0.6 is 11.6 Å². The van der Waals surface area contributed by atoms with Gasteiger partial charge >= 0.3 is 0 Å². The number of benzene rings is 1. The minimum Gasteiger partial charge on any atom is -0.490 e. The third kappa shape index (κ3) is 3.39. The van der Waals surface area contributed by atoms with E-state index in [1.807, 2.05) is 35.2 Å². The molecule has 1 unspecified atom stereocenters. The summed E-state index contributed by atoms with van der Waals surface area (Å²) in [6.45, 7) is 3.18. The lowest BCUT2D eigenvalue weighted by atomic mass is 10.1. The lowest BCUT2D eigenvalue weighted by Gasteiger charge is -2.32. The topological polar surface area (TPSA) is 29.5 Å². The highest BCUT2D eigenvalue weighted by atomic mass is 35.5. The van der Waals surface area contributed by atoms with Gasteiger partial charge in [-0.2, -0.15) is 0 Å². The first-order valence-corrected chi connectivity index (χ1v) is 6.75. The van der Waals surface area contributed by atoms with Crippen molar-refractivity contribution < 1.29 is 9.53 Å². The molecule has 4 heteroatoms. The van der Waals surface area contributed by atoms with Gasteiger partial charge < -0.3 is 9.64 Å². The quantitative estimate of drug-likeness (QED) is 0.788. The van der Waals surface area contributed by atoms with Crippen molar-refractivity contribution in [3.05, 3.63) is 30.3 Å². The zero-order chi connectivity index (χ0) is 13.0. The van der Waals surface area contributed by atoms with Gasteiger partial charge in [-0.05, 0) is 19.1 Å². The van der Waals surface area contributed by atoms with Crippen molar-refractivity contribution in [2.24, 2.45) is 0 Å². The van der Waals surface area contributed by atoms with Gasteiger partial charge in [0.05, 0.1) is 0 Å². The SMILES string of the molecule is CC(Cl)C(=O)N1CCC(Oc2ccccc2)CC1. The van der Waals surface area contributed by atoms with Crippen LogP contribution in [-0.4, -0.2) is 35.4 Å². The van der Waals surface area contributed by atoms with Crippen molar-refractivity contribution in [2.45, 2.75) is 31.2 Å². The van der Waals surface area contributed by atoms with Gasteiger partial charge in [-0.3, -0.25) is 4.79 Å². The largest absolute Gasteiger partial charge is 0.490 e. The first-order valence-electron chi connectivity index (χ1n) is 6.31. The molecule has 18 heavy (non-hydrogen) atoms. The Morgan fingerprint density at radius 1 is 1.33 bits per heavy atom. The van der Waals surface area contributed by atoms with Crippen LogP contribution in [0.2, 0.25) is 0 Å². The molecule has 1 saturated heterocycles. The molecule has 1 fully saturated rings. The number of hydrogen-bond acceptors (Lipinski definition) is 2. The maximum absolute atomic E-state index is 11.7. The molecule has 3 nitrogen and oxygen atoms in total. The molecule has 0 aromatic heterocycles. The normalized spacial score (nSPS) is 18.4. The van der Waals surface area contributed by atoms with Gasteiger partial charge in [-0.15, -0.1) is 11.6 Å². The van der Waals surface area contributed by atoms with Gasteiger partial charge in [0, 0.05) is 25.9 Å². The standard InChI is InChI=1S/C14H18ClNO2/c1-11(15)14(17)16-9-7-13(8-10-16)18-12-5-3-2-4-6-12/h2-6,11,13H,7-10H2,1H3. The molecular formula is C14H18ClNO2. The van der Waals surface area contributed by atoms with Crippen LogP contribution in [0.4, 0.5) is 0 Å². The van der Waals surface area contributed by atoms with Crippen LogP contribution in [0.1, 0.15) is 19.8 Å². The average Bonchev–Trinajstić information content (AvgIpc) is 2.40. The van der Waals surface area contributed by atoms with Crippen LogP contribution in [0, 0.1) is 0 Å². The van der Waals surface area contributed by atoms with Crippen LogP contribution in [0.5, 0.6) is 5.75 Å². The average molecular weight is 268 g/mol. The number of rotatable bonds is 3. The molecule has 1 aromatic carbocycles. The summed E-state index contributed by atoms with van der Waals surface area (Å²) in [4.78, 5) is 13.5. The Morgan fingerprint density at radius 2 is 1.94 bits per heavy atom. The van der Waals surface area contributed by atoms with E-state index in [2.05, 4.69) is 0 Å². The first-order chi connectivity index (χ1) is 8.66. The summed E-state index contributed by atoms with van der Waals surface area (Å²) in [5, 5.41) is -0.434. The van der Waals surface area contributed by atoms with Crippen molar-refractivity contribution in [2.75, 3.05) is 13.1 Å². The predicted octanol–water partition coefficient (Wildman–Crippen LogP) is 2.68.